The molecule has 0 aromatic rings. The number of nitrogens with one attached hydrogen (secondary N) is 1. The summed E-state index contributed by atoms with van der Waals surface area (Å²) in [6.07, 6.45) is 8.57. The normalized spacial score (nSPS) is 40.1. The lowest BCUT2D eigenvalue weighted by Gasteiger charge is -2.35. The Morgan fingerprint density at radius 3 is 3.00 bits per heavy atom. The molecule has 92 valence electrons. The number of ether oxygens (including phenoxy) is 1. The summed E-state index contributed by atoms with van der Waals surface area (Å²) in [7, 11) is 0. The molecule has 3 aliphatic rings. The molecule has 3 saturated heterocycles. The first-order chi connectivity index (χ1) is 7.92. The van der Waals surface area contributed by atoms with E-state index in [4.69, 9.17) is 4.74 Å². The van der Waals surface area contributed by atoms with E-state index in [2.05, 4.69) is 10.2 Å². The Balaban J connectivity index is 1.42. The highest BCUT2D eigenvalue weighted by atomic mass is 16.5. The van der Waals surface area contributed by atoms with Gasteiger partial charge in [0, 0.05) is 25.2 Å². The molecule has 0 bridgehead atoms. The topological polar surface area (TPSA) is 24.5 Å². The number of fused-ring (bicyclic) bond motifs is 1. The molecule has 0 amide bonds. The van der Waals surface area contributed by atoms with Crippen LogP contribution in [0.5, 0.6) is 0 Å². The smallest absolute Gasteiger partial charge is 0.0700 e. The standard InChI is InChI=1S/C13H24N2O/c1-3-12-9-11(5-7-15(12)6-1)14-10-13-4-2-8-16-13/h11-14H,1-10H2. The zero-order valence-electron chi connectivity index (χ0n) is 10.2. The Labute approximate surface area is 98.5 Å². The van der Waals surface area contributed by atoms with Crippen LogP contribution in [0.2, 0.25) is 0 Å². The van der Waals surface area contributed by atoms with Gasteiger partial charge in [-0.1, -0.05) is 0 Å². The Morgan fingerprint density at radius 1 is 1.12 bits per heavy atom. The van der Waals surface area contributed by atoms with E-state index in [9.17, 15) is 0 Å². The minimum Gasteiger partial charge on any atom is -0.377 e. The second-order valence-corrected chi connectivity index (χ2v) is 5.60. The fourth-order valence-corrected chi connectivity index (χ4v) is 3.51. The van der Waals surface area contributed by atoms with Gasteiger partial charge in [0.25, 0.3) is 0 Å². The van der Waals surface area contributed by atoms with Crippen molar-refractivity contribution in [2.24, 2.45) is 0 Å². The molecule has 3 heteroatoms. The summed E-state index contributed by atoms with van der Waals surface area (Å²) in [5, 5.41) is 3.72. The third-order valence-corrected chi connectivity index (χ3v) is 4.48. The first-order valence-corrected chi connectivity index (χ1v) is 7.01. The monoisotopic (exact) mass is 224 g/mol. The predicted molar refractivity (Wildman–Crippen MR) is 64.6 cm³/mol. The van der Waals surface area contributed by atoms with Crippen LogP contribution in [-0.2, 0) is 4.74 Å². The summed E-state index contributed by atoms with van der Waals surface area (Å²) < 4.78 is 5.66. The third-order valence-electron chi connectivity index (χ3n) is 4.48. The largest absolute Gasteiger partial charge is 0.377 e. The van der Waals surface area contributed by atoms with Crippen molar-refractivity contribution in [2.45, 2.75) is 56.7 Å². The van der Waals surface area contributed by atoms with Crippen molar-refractivity contribution in [3.63, 3.8) is 0 Å². The minimum absolute atomic E-state index is 0.501. The quantitative estimate of drug-likeness (QED) is 0.784. The van der Waals surface area contributed by atoms with Crippen molar-refractivity contribution in [3.8, 4) is 0 Å². The molecule has 0 aromatic carbocycles. The molecule has 0 saturated carbocycles. The van der Waals surface area contributed by atoms with Gasteiger partial charge >= 0.3 is 0 Å². The summed E-state index contributed by atoms with van der Waals surface area (Å²) in [6.45, 7) is 4.72. The molecule has 16 heavy (non-hydrogen) atoms. The maximum Gasteiger partial charge on any atom is 0.0700 e. The lowest BCUT2D eigenvalue weighted by Crippen LogP contribution is -2.47. The minimum atomic E-state index is 0.501. The van der Waals surface area contributed by atoms with E-state index < -0.39 is 0 Å². The van der Waals surface area contributed by atoms with Crippen molar-refractivity contribution in [2.75, 3.05) is 26.2 Å². The summed E-state index contributed by atoms with van der Waals surface area (Å²) in [5.74, 6) is 0. The SMILES string of the molecule is C1COC(CNC2CCN3CCCC3C2)C1. The van der Waals surface area contributed by atoms with Gasteiger partial charge in [0.05, 0.1) is 6.10 Å². The van der Waals surface area contributed by atoms with Crippen LogP contribution in [0, 0.1) is 0 Å². The highest BCUT2D eigenvalue weighted by Crippen LogP contribution is 2.26. The van der Waals surface area contributed by atoms with Crippen LogP contribution >= 0.6 is 0 Å². The highest BCUT2D eigenvalue weighted by molar-refractivity contribution is 4.89. The molecule has 0 radical (unpaired) electrons. The molecule has 0 aromatic heterocycles. The molecular weight excluding hydrogens is 200 g/mol. The van der Waals surface area contributed by atoms with E-state index in [0.29, 0.717) is 6.10 Å². The lowest BCUT2D eigenvalue weighted by molar-refractivity contribution is 0.0990. The summed E-state index contributed by atoms with van der Waals surface area (Å²) in [6, 6.07) is 1.64. The Kier molecular flexibility index (Phi) is 3.46. The summed E-state index contributed by atoms with van der Waals surface area (Å²) in [5.41, 5.74) is 0. The van der Waals surface area contributed by atoms with Crippen LogP contribution in [0.25, 0.3) is 0 Å². The maximum absolute atomic E-state index is 5.66. The average molecular weight is 224 g/mol. The second kappa shape index (κ2) is 5.03. The van der Waals surface area contributed by atoms with E-state index in [1.165, 1.54) is 51.6 Å². The number of nitrogens with zero attached hydrogens (tertiary/aromatic N) is 1. The molecule has 0 spiro atoms. The Morgan fingerprint density at radius 2 is 2.12 bits per heavy atom. The van der Waals surface area contributed by atoms with Crippen LogP contribution in [0.15, 0.2) is 0 Å². The van der Waals surface area contributed by atoms with E-state index in [1.54, 1.807) is 0 Å². The highest BCUT2D eigenvalue weighted by Gasteiger charge is 2.31. The van der Waals surface area contributed by atoms with Crippen LogP contribution < -0.4 is 5.32 Å². The first kappa shape index (κ1) is 11.0. The molecule has 3 unspecified atom stereocenters. The second-order valence-electron chi connectivity index (χ2n) is 5.60. The number of hydrogen-bond acceptors (Lipinski definition) is 3. The molecule has 3 atom stereocenters. The van der Waals surface area contributed by atoms with E-state index in [-0.39, 0.29) is 0 Å². The van der Waals surface area contributed by atoms with Gasteiger partial charge in [-0.3, -0.25) is 0 Å². The van der Waals surface area contributed by atoms with Crippen LogP contribution in [0.1, 0.15) is 38.5 Å². The molecule has 1 N–H and O–H groups in total. The van der Waals surface area contributed by atoms with Crippen molar-refractivity contribution in [3.05, 3.63) is 0 Å². The zero-order chi connectivity index (χ0) is 10.8. The molecule has 3 fully saturated rings. The number of hydrogen-bond donors (Lipinski definition) is 1. The van der Waals surface area contributed by atoms with Gasteiger partial charge in [-0.15, -0.1) is 0 Å². The molecule has 3 rings (SSSR count). The number of piperidine rings is 1. The van der Waals surface area contributed by atoms with Gasteiger partial charge in [0.1, 0.15) is 0 Å². The molecule has 3 heterocycles. The number of rotatable bonds is 3. The van der Waals surface area contributed by atoms with Crippen LogP contribution in [0.3, 0.4) is 0 Å². The molecular formula is C13H24N2O. The Hall–Kier alpha value is -0.120. The van der Waals surface area contributed by atoms with E-state index >= 15 is 0 Å². The van der Waals surface area contributed by atoms with Crippen LogP contribution in [-0.4, -0.2) is 49.3 Å². The Bertz CT molecular complexity index is 228. The van der Waals surface area contributed by atoms with Gasteiger partial charge in [-0.2, -0.15) is 0 Å². The lowest BCUT2D eigenvalue weighted by atomic mass is 9.97. The van der Waals surface area contributed by atoms with E-state index in [0.717, 1.165) is 25.2 Å². The van der Waals surface area contributed by atoms with Gasteiger partial charge in [-0.25, -0.2) is 0 Å². The molecule has 0 aliphatic carbocycles. The van der Waals surface area contributed by atoms with Gasteiger partial charge in [0.2, 0.25) is 0 Å². The predicted octanol–water partition coefficient (Wildman–Crippen LogP) is 1.38. The van der Waals surface area contributed by atoms with Crippen molar-refractivity contribution in [1.29, 1.82) is 0 Å². The van der Waals surface area contributed by atoms with Crippen molar-refractivity contribution < 1.29 is 4.74 Å². The third kappa shape index (κ3) is 2.41. The fourth-order valence-electron chi connectivity index (χ4n) is 3.51. The van der Waals surface area contributed by atoms with Crippen LogP contribution in [0.4, 0.5) is 0 Å². The van der Waals surface area contributed by atoms with E-state index in [1.807, 2.05) is 0 Å². The van der Waals surface area contributed by atoms with Gasteiger partial charge in [-0.05, 0) is 51.6 Å². The van der Waals surface area contributed by atoms with Gasteiger partial charge in [0.15, 0.2) is 0 Å². The zero-order valence-corrected chi connectivity index (χ0v) is 10.2. The maximum atomic E-state index is 5.66. The summed E-state index contributed by atoms with van der Waals surface area (Å²) in [4.78, 5) is 2.68. The van der Waals surface area contributed by atoms with Gasteiger partial charge < -0.3 is 15.0 Å². The summed E-state index contributed by atoms with van der Waals surface area (Å²) >= 11 is 0. The fraction of sp³-hybridized carbons (Fsp3) is 1.00. The van der Waals surface area contributed by atoms with Crippen molar-refractivity contribution >= 4 is 0 Å². The average Bonchev–Trinajstić information content (AvgIpc) is 2.97. The molecule has 3 nitrogen and oxygen atoms in total. The first-order valence-electron chi connectivity index (χ1n) is 7.01. The van der Waals surface area contributed by atoms with Crippen molar-refractivity contribution in [1.82, 2.24) is 10.2 Å². The molecule has 3 aliphatic heterocycles.